The highest BCUT2D eigenvalue weighted by atomic mass is 16.5. The Hall–Kier alpha value is -1.38. The van der Waals surface area contributed by atoms with Crippen molar-refractivity contribution in [3.63, 3.8) is 0 Å². The van der Waals surface area contributed by atoms with Crippen molar-refractivity contribution in [3.8, 4) is 11.5 Å². The summed E-state index contributed by atoms with van der Waals surface area (Å²) in [6.07, 6.45) is 4.88. The molecule has 1 heterocycles. The second-order valence-electron chi connectivity index (χ2n) is 5.21. The zero-order valence-electron chi connectivity index (χ0n) is 10.9. The quantitative estimate of drug-likeness (QED) is 0.884. The van der Waals surface area contributed by atoms with Crippen LogP contribution < -0.4 is 14.8 Å². The number of benzene rings is 1. The van der Waals surface area contributed by atoms with E-state index in [4.69, 9.17) is 9.47 Å². The van der Waals surface area contributed by atoms with Gasteiger partial charge in [-0.3, -0.25) is 0 Å². The van der Waals surface area contributed by atoms with Gasteiger partial charge in [0.1, 0.15) is 0 Å². The van der Waals surface area contributed by atoms with Gasteiger partial charge in [0.05, 0.1) is 13.2 Å². The molecule has 0 aromatic heterocycles. The molecule has 1 atom stereocenters. The summed E-state index contributed by atoms with van der Waals surface area (Å²) in [5.74, 6) is 2.62. The fraction of sp³-hybridized carbons (Fsp3) is 0.600. The van der Waals surface area contributed by atoms with E-state index in [0.29, 0.717) is 6.04 Å². The first-order valence-corrected chi connectivity index (χ1v) is 7.03. The van der Waals surface area contributed by atoms with Crippen LogP contribution in [0, 0.1) is 5.92 Å². The van der Waals surface area contributed by atoms with Crippen LogP contribution in [-0.4, -0.2) is 19.3 Å². The second kappa shape index (κ2) is 5.09. The number of hydrogen-bond acceptors (Lipinski definition) is 3. The highest BCUT2D eigenvalue weighted by molar-refractivity contribution is 5.55. The van der Waals surface area contributed by atoms with Crippen LogP contribution in [-0.2, 0) is 0 Å². The van der Waals surface area contributed by atoms with Gasteiger partial charge in [0.15, 0.2) is 11.5 Å². The first kappa shape index (κ1) is 11.7. The predicted molar refractivity (Wildman–Crippen MR) is 72.5 cm³/mol. The third-order valence-electron chi connectivity index (χ3n) is 3.73. The molecule has 0 radical (unpaired) electrons. The average Bonchev–Trinajstić information content (AvgIpc) is 3.22. The molecule has 1 aromatic rings. The van der Waals surface area contributed by atoms with Gasteiger partial charge in [0.2, 0.25) is 0 Å². The van der Waals surface area contributed by atoms with E-state index in [0.717, 1.165) is 42.7 Å². The van der Waals surface area contributed by atoms with Crippen molar-refractivity contribution >= 4 is 5.69 Å². The van der Waals surface area contributed by atoms with Crippen LogP contribution in [0.2, 0.25) is 0 Å². The summed E-state index contributed by atoms with van der Waals surface area (Å²) in [5.41, 5.74) is 1.15. The molecule has 1 aromatic carbocycles. The summed E-state index contributed by atoms with van der Waals surface area (Å²) in [7, 11) is 0. The summed E-state index contributed by atoms with van der Waals surface area (Å²) < 4.78 is 11.4. The highest BCUT2D eigenvalue weighted by Gasteiger charge is 2.29. The monoisotopic (exact) mass is 247 g/mol. The minimum atomic E-state index is 0.606. The fourth-order valence-electron chi connectivity index (χ4n) is 2.52. The lowest BCUT2D eigenvalue weighted by molar-refractivity contribution is 0.297. The Balaban J connectivity index is 1.74. The molecule has 18 heavy (non-hydrogen) atoms. The van der Waals surface area contributed by atoms with Gasteiger partial charge in [-0.05, 0) is 37.3 Å². The third-order valence-corrected chi connectivity index (χ3v) is 3.73. The smallest absolute Gasteiger partial charge is 0.163 e. The van der Waals surface area contributed by atoms with Crippen molar-refractivity contribution in [2.75, 3.05) is 18.5 Å². The van der Waals surface area contributed by atoms with Gasteiger partial charge in [0.25, 0.3) is 0 Å². The summed E-state index contributed by atoms with van der Waals surface area (Å²) in [6.45, 7) is 3.74. The van der Waals surface area contributed by atoms with Crippen molar-refractivity contribution in [1.29, 1.82) is 0 Å². The first-order chi connectivity index (χ1) is 8.86. The molecule has 3 heteroatoms. The molecule has 98 valence electrons. The Morgan fingerprint density at radius 3 is 2.72 bits per heavy atom. The Morgan fingerprint density at radius 2 is 2.00 bits per heavy atom. The average molecular weight is 247 g/mol. The molecular formula is C15H21NO2. The first-order valence-electron chi connectivity index (χ1n) is 7.03. The summed E-state index contributed by atoms with van der Waals surface area (Å²) in [6, 6.07) is 6.79. The molecule has 0 bridgehead atoms. The molecule has 1 unspecified atom stereocenters. The summed E-state index contributed by atoms with van der Waals surface area (Å²) >= 11 is 0. The lowest BCUT2D eigenvalue weighted by Gasteiger charge is -2.18. The molecule has 1 N–H and O–H groups in total. The Morgan fingerprint density at radius 1 is 1.22 bits per heavy atom. The summed E-state index contributed by atoms with van der Waals surface area (Å²) in [5, 5.41) is 3.63. The van der Waals surface area contributed by atoms with Crippen molar-refractivity contribution in [3.05, 3.63) is 18.2 Å². The number of hydrogen-bond donors (Lipinski definition) is 1. The molecule has 1 aliphatic heterocycles. The molecule has 3 rings (SSSR count). The van der Waals surface area contributed by atoms with Gasteiger partial charge < -0.3 is 14.8 Å². The molecular weight excluding hydrogens is 226 g/mol. The van der Waals surface area contributed by atoms with E-state index in [1.807, 2.05) is 6.07 Å². The van der Waals surface area contributed by atoms with Gasteiger partial charge in [0, 0.05) is 24.2 Å². The zero-order valence-corrected chi connectivity index (χ0v) is 10.9. The maximum absolute atomic E-state index is 5.72. The normalized spacial score (nSPS) is 20.1. The Kier molecular flexibility index (Phi) is 3.31. The molecule has 0 spiro atoms. The molecule has 2 aliphatic rings. The van der Waals surface area contributed by atoms with Crippen LogP contribution in [0.5, 0.6) is 11.5 Å². The van der Waals surface area contributed by atoms with Crippen LogP contribution in [0.4, 0.5) is 5.69 Å². The van der Waals surface area contributed by atoms with Gasteiger partial charge in [-0.15, -0.1) is 0 Å². The standard InChI is InChI=1S/C15H21NO2/c1-2-13(11-4-5-11)16-12-6-7-14-15(10-12)18-9-3-8-17-14/h6-7,10-11,13,16H,2-5,8-9H2,1H3. The van der Waals surface area contributed by atoms with E-state index in [2.05, 4.69) is 24.4 Å². The van der Waals surface area contributed by atoms with Gasteiger partial charge in [-0.25, -0.2) is 0 Å². The maximum atomic E-state index is 5.72. The van der Waals surface area contributed by atoms with Gasteiger partial charge in [-0.2, -0.15) is 0 Å². The van der Waals surface area contributed by atoms with Gasteiger partial charge in [-0.1, -0.05) is 6.92 Å². The lowest BCUT2D eigenvalue weighted by Crippen LogP contribution is -2.20. The lowest BCUT2D eigenvalue weighted by atomic mass is 10.1. The van der Waals surface area contributed by atoms with Crippen LogP contribution >= 0.6 is 0 Å². The Bertz CT molecular complexity index is 415. The van der Waals surface area contributed by atoms with Crippen LogP contribution in [0.3, 0.4) is 0 Å². The number of fused-ring (bicyclic) bond motifs is 1. The van der Waals surface area contributed by atoms with Crippen molar-refractivity contribution < 1.29 is 9.47 Å². The predicted octanol–water partition coefficient (Wildman–Crippen LogP) is 3.45. The number of anilines is 1. The number of ether oxygens (including phenoxy) is 2. The van der Waals surface area contributed by atoms with E-state index in [-0.39, 0.29) is 0 Å². The SMILES string of the molecule is CCC(Nc1ccc2c(c1)OCCCO2)C1CC1. The minimum absolute atomic E-state index is 0.606. The zero-order chi connectivity index (χ0) is 12.4. The largest absolute Gasteiger partial charge is 0.490 e. The van der Waals surface area contributed by atoms with Crippen LogP contribution in [0.15, 0.2) is 18.2 Å². The van der Waals surface area contributed by atoms with Crippen LogP contribution in [0.25, 0.3) is 0 Å². The van der Waals surface area contributed by atoms with Crippen molar-refractivity contribution in [1.82, 2.24) is 0 Å². The van der Waals surface area contributed by atoms with E-state index < -0.39 is 0 Å². The number of nitrogens with one attached hydrogen (secondary N) is 1. The molecule has 0 amide bonds. The Labute approximate surface area is 108 Å². The third kappa shape index (κ3) is 2.55. The van der Waals surface area contributed by atoms with Crippen LogP contribution in [0.1, 0.15) is 32.6 Å². The molecule has 1 fully saturated rings. The second-order valence-corrected chi connectivity index (χ2v) is 5.21. The van der Waals surface area contributed by atoms with Crippen molar-refractivity contribution in [2.24, 2.45) is 5.92 Å². The van der Waals surface area contributed by atoms with E-state index in [9.17, 15) is 0 Å². The molecule has 3 nitrogen and oxygen atoms in total. The van der Waals surface area contributed by atoms with E-state index in [1.165, 1.54) is 19.3 Å². The van der Waals surface area contributed by atoms with Crippen molar-refractivity contribution in [2.45, 2.75) is 38.6 Å². The van der Waals surface area contributed by atoms with E-state index >= 15 is 0 Å². The van der Waals surface area contributed by atoms with E-state index in [1.54, 1.807) is 0 Å². The maximum Gasteiger partial charge on any atom is 0.163 e. The highest BCUT2D eigenvalue weighted by Crippen LogP contribution is 2.37. The molecule has 1 saturated carbocycles. The fourth-order valence-corrected chi connectivity index (χ4v) is 2.52. The molecule has 0 saturated heterocycles. The minimum Gasteiger partial charge on any atom is -0.490 e. The summed E-state index contributed by atoms with van der Waals surface area (Å²) in [4.78, 5) is 0. The van der Waals surface area contributed by atoms with Gasteiger partial charge >= 0.3 is 0 Å². The molecule has 1 aliphatic carbocycles. The topological polar surface area (TPSA) is 30.5 Å². The number of rotatable bonds is 4.